The number of benzene rings is 1. The van der Waals surface area contributed by atoms with Crippen molar-refractivity contribution < 1.29 is 19.2 Å². The average Bonchev–Trinajstić information content (AvgIpc) is 2.84. The van der Waals surface area contributed by atoms with Crippen molar-refractivity contribution in [2.45, 2.75) is 105 Å². The summed E-state index contributed by atoms with van der Waals surface area (Å²) in [4.78, 5) is 50.0. The molecule has 0 aliphatic heterocycles. The van der Waals surface area contributed by atoms with E-state index in [0.29, 0.717) is 30.4 Å². The number of unbranched alkanes of at least 4 members (excludes halogenated alkanes) is 2. The second kappa shape index (κ2) is 18.2. The summed E-state index contributed by atoms with van der Waals surface area (Å²) in [6.07, 6.45) is 6.01. The van der Waals surface area contributed by atoms with Gasteiger partial charge in [-0.2, -0.15) is 0 Å². The zero-order valence-electron chi connectivity index (χ0n) is 24.8. The Kier molecular flexibility index (Phi) is 15.9. The molecule has 220 valence electrons. The molecule has 0 unspecified atom stereocenters. The fraction of sp³-hybridized carbons (Fsp3) is 0.667. The van der Waals surface area contributed by atoms with Crippen LogP contribution >= 0.6 is 0 Å². The van der Waals surface area contributed by atoms with E-state index in [1.807, 2.05) is 38.1 Å². The third-order valence-corrected chi connectivity index (χ3v) is 6.42. The Balaban J connectivity index is 2.82. The smallest absolute Gasteiger partial charge is 0.312 e. The van der Waals surface area contributed by atoms with E-state index in [9.17, 15) is 19.2 Å². The van der Waals surface area contributed by atoms with Crippen molar-refractivity contribution in [2.75, 3.05) is 11.9 Å². The van der Waals surface area contributed by atoms with Gasteiger partial charge in [0.05, 0.1) is 0 Å². The molecule has 0 heterocycles. The number of rotatable bonds is 18. The van der Waals surface area contributed by atoms with Gasteiger partial charge in [-0.1, -0.05) is 72.9 Å². The highest BCUT2D eigenvalue weighted by Crippen LogP contribution is 2.15. The van der Waals surface area contributed by atoms with Crippen LogP contribution in [-0.4, -0.2) is 42.4 Å². The second-order valence-corrected chi connectivity index (χ2v) is 11.6. The first-order valence-electron chi connectivity index (χ1n) is 14.4. The minimum Gasteiger partial charge on any atom is -0.352 e. The number of hydrogen-bond donors (Lipinski definition) is 5. The molecule has 0 aromatic heterocycles. The minimum absolute atomic E-state index is 0.163. The summed E-state index contributed by atoms with van der Waals surface area (Å²) >= 11 is 0. The summed E-state index contributed by atoms with van der Waals surface area (Å²) in [6.45, 7) is 12.7. The Hall–Kier alpha value is -3.10. The number of hydrogen-bond acceptors (Lipinski definition) is 4. The largest absolute Gasteiger partial charge is 0.352 e. The molecule has 1 rings (SSSR count). The molecule has 0 saturated heterocycles. The molecule has 5 amide bonds. The maximum absolute atomic E-state index is 13.2. The Morgan fingerprint density at radius 2 is 1.44 bits per heavy atom. The number of anilines is 1. The van der Waals surface area contributed by atoms with Crippen molar-refractivity contribution in [2.24, 2.45) is 23.5 Å². The van der Waals surface area contributed by atoms with Crippen molar-refractivity contribution in [3.8, 4) is 0 Å². The highest BCUT2D eigenvalue weighted by molar-refractivity contribution is 5.98. The molecule has 1 aromatic rings. The average molecular weight is 546 g/mol. The number of urea groups is 1. The van der Waals surface area contributed by atoms with E-state index < -0.39 is 24.0 Å². The Morgan fingerprint density at radius 1 is 0.769 bits per heavy atom. The van der Waals surface area contributed by atoms with Gasteiger partial charge in [-0.05, 0) is 61.1 Å². The lowest BCUT2D eigenvalue weighted by molar-refractivity contribution is -0.132. The van der Waals surface area contributed by atoms with Gasteiger partial charge in [0, 0.05) is 18.7 Å². The molecule has 0 fully saturated rings. The van der Waals surface area contributed by atoms with Crippen LogP contribution in [0.25, 0.3) is 0 Å². The molecule has 0 radical (unpaired) electrons. The molecule has 0 aliphatic carbocycles. The van der Waals surface area contributed by atoms with E-state index in [0.717, 1.165) is 32.1 Å². The second-order valence-electron chi connectivity index (χ2n) is 11.6. The van der Waals surface area contributed by atoms with Crippen LogP contribution in [0.4, 0.5) is 10.5 Å². The summed E-state index contributed by atoms with van der Waals surface area (Å²) in [5.74, 6) is 0.0729. The van der Waals surface area contributed by atoms with Crippen molar-refractivity contribution in [1.82, 2.24) is 16.0 Å². The van der Waals surface area contributed by atoms with Crippen LogP contribution in [0.15, 0.2) is 24.3 Å². The SMILES string of the molecule is CC(C)CCCCCC(=O)N[C@H](C(=O)N[C@@H](CCCNC(N)=O)C(=O)Nc1ccc(CC(C)C)cc1)C(C)C. The Labute approximate surface area is 234 Å². The number of primary amides is 1. The van der Waals surface area contributed by atoms with Crippen LogP contribution in [0, 0.1) is 17.8 Å². The number of nitrogens with two attached hydrogens (primary N) is 1. The Morgan fingerprint density at radius 3 is 2.00 bits per heavy atom. The van der Waals surface area contributed by atoms with E-state index in [1.54, 1.807) is 0 Å². The van der Waals surface area contributed by atoms with Gasteiger partial charge in [0.2, 0.25) is 17.7 Å². The fourth-order valence-electron chi connectivity index (χ4n) is 4.27. The normalized spacial score (nSPS) is 12.7. The van der Waals surface area contributed by atoms with Crippen LogP contribution in [0.1, 0.15) is 92.1 Å². The Bertz CT molecular complexity index is 899. The molecule has 9 nitrogen and oxygen atoms in total. The van der Waals surface area contributed by atoms with Gasteiger partial charge >= 0.3 is 6.03 Å². The predicted octanol–water partition coefficient (Wildman–Crippen LogP) is 4.50. The van der Waals surface area contributed by atoms with Crippen molar-refractivity contribution >= 4 is 29.4 Å². The molecule has 0 bridgehead atoms. The topological polar surface area (TPSA) is 142 Å². The molecule has 1 aromatic carbocycles. The first kappa shape index (κ1) is 33.9. The first-order chi connectivity index (χ1) is 18.4. The van der Waals surface area contributed by atoms with Gasteiger partial charge in [-0.25, -0.2) is 4.79 Å². The maximum Gasteiger partial charge on any atom is 0.312 e. The monoisotopic (exact) mass is 545 g/mol. The van der Waals surface area contributed by atoms with Crippen LogP contribution in [-0.2, 0) is 20.8 Å². The third-order valence-electron chi connectivity index (χ3n) is 6.42. The highest BCUT2D eigenvalue weighted by Gasteiger charge is 2.28. The summed E-state index contributed by atoms with van der Waals surface area (Å²) in [5.41, 5.74) is 6.95. The van der Waals surface area contributed by atoms with Crippen LogP contribution in [0.2, 0.25) is 0 Å². The summed E-state index contributed by atoms with van der Waals surface area (Å²) in [6, 6.07) is 5.40. The van der Waals surface area contributed by atoms with Crippen LogP contribution < -0.4 is 27.0 Å². The van der Waals surface area contributed by atoms with Gasteiger partial charge in [0.15, 0.2) is 0 Å². The van der Waals surface area contributed by atoms with E-state index in [2.05, 4.69) is 49.0 Å². The number of nitrogens with one attached hydrogen (secondary N) is 4. The predicted molar refractivity (Wildman–Crippen MR) is 157 cm³/mol. The van der Waals surface area contributed by atoms with Crippen LogP contribution in [0.3, 0.4) is 0 Å². The third kappa shape index (κ3) is 15.2. The van der Waals surface area contributed by atoms with Crippen molar-refractivity contribution in [1.29, 1.82) is 0 Å². The fourth-order valence-corrected chi connectivity index (χ4v) is 4.27. The molecule has 6 N–H and O–H groups in total. The zero-order valence-corrected chi connectivity index (χ0v) is 24.8. The molecule has 0 spiro atoms. The van der Waals surface area contributed by atoms with Gasteiger partial charge in [-0.15, -0.1) is 0 Å². The molecular formula is C30H51N5O4. The molecule has 2 atom stereocenters. The standard InChI is InChI=1S/C30H51N5O4/c1-20(2)11-8-7-9-13-26(36)35-27(22(5)6)29(38)34-25(12-10-18-32-30(31)39)28(37)33-24-16-14-23(15-17-24)19-21(3)4/h14-17,20-22,25,27H,7-13,18-19H2,1-6H3,(H,33,37)(H,34,38)(H,35,36)(H3,31,32,39)/t25-,27-/m0/s1. The van der Waals surface area contributed by atoms with E-state index in [1.165, 1.54) is 5.56 Å². The van der Waals surface area contributed by atoms with Gasteiger partial charge in [0.25, 0.3) is 0 Å². The highest BCUT2D eigenvalue weighted by atomic mass is 16.2. The van der Waals surface area contributed by atoms with E-state index in [4.69, 9.17) is 5.73 Å². The van der Waals surface area contributed by atoms with Gasteiger partial charge in [-0.3, -0.25) is 14.4 Å². The van der Waals surface area contributed by atoms with Crippen molar-refractivity contribution in [3.63, 3.8) is 0 Å². The van der Waals surface area contributed by atoms with E-state index >= 15 is 0 Å². The minimum atomic E-state index is -0.850. The van der Waals surface area contributed by atoms with Gasteiger partial charge < -0.3 is 27.0 Å². The lowest BCUT2D eigenvalue weighted by atomic mass is 10.0. The van der Waals surface area contributed by atoms with Crippen molar-refractivity contribution in [3.05, 3.63) is 29.8 Å². The number of carbonyl (C=O) groups excluding carboxylic acids is 4. The van der Waals surface area contributed by atoms with Crippen LogP contribution in [0.5, 0.6) is 0 Å². The summed E-state index contributed by atoms with van der Waals surface area (Å²) < 4.78 is 0. The lowest BCUT2D eigenvalue weighted by Gasteiger charge is -2.25. The summed E-state index contributed by atoms with van der Waals surface area (Å²) in [5, 5.41) is 11.1. The summed E-state index contributed by atoms with van der Waals surface area (Å²) in [7, 11) is 0. The zero-order chi connectivity index (χ0) is 29.4. The quantitative estimate of drug-likeness (QED) is 0.173. The molecule has 39 heavy (non-hydrogen) atoms. The van der Waals surface area contributed by atoms with Gasteiger partial charge in [0.1, 0.15) is 12.1 Å². The lowest BCUT2D eigenvalue weighted by Crippen LogP contribution is -2.54. The molecule has 0 aliphatic rings. The first-order valence-corrected chi connectivity index (χ1v) is 14.4. The maximum atomic E-state index is 13.2. The number of amides is 5. The molecular weight excluding hydrogens is 494 g/mol. The molecule has 9 heteroatoms. The van der Waals surface area contributed by atoms with E-state index in [-0.39, 0.29) is 30.7 Å². The molecule has 0 saturated carbocycles. The number of carbonyl (C=O) groups is 4.